The van der Waals surface area contributed by atoms with Crippen molar-refractivity contribution >= 4 is 23.5 Å². The first-order valence-corrected chi connectivity index (χ1v) is 4.01. The van der Waals surface area contributed by atoms with Crippen molar-refractivity contribution in [2.45, 2.75) is 6.92 Å². The molecule has 2 heteroatoms. The molecule has 12 heavy (non-hydrogen) atoms. The maximum Gasteiger partial charge on any atom is 0.171 e. The van der Waals surface area contributed by atoms with E-state index < -0.39 is 0 Å². The minimum Gasteiger partial charge on any atom is -0.294 e. The van der Waals surface area contributed by atoms with E-state index in [0.717, 1.165) is 5.56 Å². The number of hydrogen-bond acceptors (Lipinski definition) is 1. The van der Waals surface area contributed by atoms with Gasteiger partial charge in [0.1, 0.15) is 0 Å². The Bertz CT molecular complexity index is 301. The summed E-state index contributed by atoms with van der Waals surface area (Å²) in [4.78, 5) is 10.7. The first kappa shape index (κ1) is 9.01. The van der Waals surface area contributed by atoms with E-state index in [0.29, 0.717) is 0 Å². The van der Waals surface area contributed by atoms with E-state index in [1.807, 2.05) is 30.3 Å². The van der Waals surface area contributed by atoms with Crippen LogP contribution in [0.4, 0.5) is 0 Å². The number of rotatable bonds is 2. The molecule has 62 valence electrons. The van der Waals surface area contributed by atoms with Crippen molar-refractivity contribution in [2.75, 3.05) is 0 Å². The molecule has 0 unspecified atom stereocenters. The van der Waals surface area contributed by atoms with Crippen LogP contribution in [0.5, 0.6) is 0 Å². The van der Waals surface area contributed by atoms with Crippen molar-refractivity contribution in [1.29, 1.82) is 0 Å². The van der Waals surface area contributed by atoms with Gasteiger partial charge in [0.25, 0.3) is 0 Å². The van der Waals surface area contributed by atoms with Crippen molar-refractivity contribution in [3.63, 3.8) is 0 Å². The van der Waals surface area contributed by atoms with Crippen LogP contribution in [0.2, 0.25) is 0 Å². The highest BCUT2D eigenvalue weighted by Crippen LogP contribution is 2.10. The Kier molecular flexibility index (Phi) is 3.06. The van der Waals surface area contributed by atoms with E-state index in [9.17, 15) is 4.79 Å². The third-order valence-corrected chi connectivity index (χ3v) is 1.80. The second-order valence-electron chi connectivity index (χ2n) is 2.46. The van der Waals surface area contributed by atoms with E-state index in [4.69, 9.17) is 11.6 Å². The van der Waals surface area contributed by atoms with Crippen molar-refractivity contribution in [3.8, 4) is 0 Å². The Labute approximate surface area is 76.7 Å². The summed E-state index contributed by atoms with van der Waals surface area (Å²) < 4.78 is 0. The Morgan fingerprint density at radius 1 is 1.33 bits per heavy atom. The van der Waals surface area contributed by atoms with Gasteiger partial charge in [0, 0.05) is 6.92 Å². The Hall–Kier alpha value is -1.08. The molecular weight excluding hydrogens is 172 g/mol. The van der Waals surface area contributed by atoms with E-state index in [1.54, 1.807) is 6.08 Å². The van der Waals surface area contributed by atoms with Crippen LogP contribution < -0.4 is 0 Å². The molecule has 1 aromatic rings. The summed E-state index contributed by atoms with van der Waals surface area (Å²) in [6.07, 6.45) is 1.66. The summed E-state index contributed by atoms with van der Waals surface area (Å²) in [7, 11) is 0. The molecule has 0 saturated heterocycles. The maximum absolute atomic E-state index is 10.7. The van der Waals surface area contributed by atoms with Gasteiger partial charge in [-0.2, -0.15) is 0 Å². The molecule has 0 fully saturated rings. The fraction of sp³-hybridized carbons (Fsp3) is 0.100. The SMILES string of the molecule is CC(=O)/C(Cl)=C\c1ccccc1. The highest BCUT2D eigenvalue weighted by molar-refractivity contribution is 6.44. The van der Waals surface area contributed by atoms with Crippen molar-refractivity contribution < 1.29 is 4.79 Å². The molecule has 1 rings (SSSR count). The normalized spacial score (nSPS) is 11.3. The third-order valence-electron chi connectivity index (χ3n) is 1.43. The van der Waals surface area contributed by atoms with Gasteiger partial charge in [-0.05, 0) is 11.6 Å². The number of halogens is 1. The second kappa shape index (κ2) is 4.07. The zero-order valence-electron chi connectivity index (χ0n) is 6.75. The Morgan fingerprint density at radius 3 is 2.42 bits per heavy atom. The van der Waals surface area contributed by atoms with Crippen molar-refractivity contribution in [3.05, 3.63) is 40.9 Å². The quantitative estimate of drug-likeness (QED) is 0.640. The summed E-state index contributed by atoms with van der Waals surface area (Å²) in [5, 5.41) is 0.265. The highest BCUT2D eigenvalue weighted by atomic mass is 35.5. The number of ketones is 1. The molecule has 0 heterocycles. The van der Waals surface area contributed by atoms with Gasteiger partial charge in [-0.25, -0.2) is 0 Å². The molecular formula is C10H9ClO. The summed E-state index contributed by atoms with van der Waals surface area (Å²) in [6, 6.07) is 9.50. The van der Waals surface area contributed by atoms with Gasteiger partial charge < -0.3 is 0 Å². The summed E-state index contributed by atoms with van der Waals surface area (Å²) in [6.45, 7) is 1.45. The maximum atomic E-state index is 10.7. The topological polar surface area (TPSA) is 17.1 Å². The molecule has 0 atom stereocenters. The molecule has 0 amide bonds. The highest BCUT2D eigenvalue weighted by Gasteiger charge is 1.97. The van der Waals surface area contributed by atoms with Gasteiger partial charge in [0.05, 0.1) is 5.03 Å². The average Bonchev–Trinajstić information content (AvgIpc) is 2.06. The summed E-state index contributed by atoms with van der Waals surface area (Å²) >= 11 is 5.66. The molecule has 0 bridgehead atoms. The average molecular weight is 181 g/mol. The number of carbonyl (C=O) groups excluding carboxylic acids is 1. The molecule has 0 aromatic heterocycles. The fourth-order valence-electron chi connectivity index (χ4n) is 0.797. The molecule has 0 aliphatic carbocycles. The summed E-state index contributed by atoms with van der Waals surface area (Å²) in [5.74, 6) is -0.111. The van der Waals surface area contributed by atoms with Crippen LogP contribution in [-0.2, 0) is 4.79 Å². The third kappa shape index (κ3) is 2.51. The van der Waals surface area contributed by atoms with Crippen LogP contribution in [0.25, 0.3) is 6.08 Å². The minimum absolute atomic E-state index is 0.111. The predicted octanol–water partition coefficient (Wildman–Crippen LogP) is 2.86. The molecule has 0 spiro atoms. The van der Waals surface area contributed by atoms with E-state index in [2.05, 4.69) is 0 Å². The minimum atomic E-state index is -0.111. The summed E-state index contributed by atoms with van der Waals surface area (Å²) in [5.41, 5.74) is 0.942. The van der Waals surface area contributed by atoms with Gasteiger partial charge in [0.2, 0.25) is 0 Å². The first-order valence-electron chi connectivity index (χ1n) is 3.63. The second-order valence-corrected chi connectivity index (χ2v) is 2.87. The zero-order valence-corrected chi connectivity index (χ0v) is 7.51. The number of benzene rings is 1. The van der Waals surface area contributed by atoms with Crippen LogP contribution in [0.15, 0.2) is 35.4 Å². The molecule has 1 nitrogen and oxygen atoms in total. The van der Waals surface area contributed by atoms with Gasteiger partial charge in [-0.3, -0.25) is 4.79 Å². The number of allylic oxidation sites excluding steroid dienone is 1. The van der Waals surface area contributed by atoms with Gasteiger partial charge in [-0.1, -0.05) is 41.9 Å². The molecule has 0 aliphatic heterocycles. The fourth-order valence-corrected chi connectivity index (χ4v) is 0.923. The number of carbonyl (C=O) groups is 1. The predicted molar refractivity (Wildman–Crippen MR) is 51.0 cm³/mol. The lowest BCUT2D eigenvalue weighted by Gasteiger charge is -1.92. The number of hydrogen-bond donors (Lipinski definition) is 0. The molecule has 0 saturated carbocycles. The monoisotopic (exact) mass is 180 g/mol. The lowest BCUT2D eigenvalue weighted by Crippen LogP contribution is -1.87. The lowest BCUT2D eigenvalue weighted by molar-refractivity contribution is -0.112. The molecule has 1 aromatic carbocycles. The molecule has 0 N–H and O–H groups in total. The largest absolute Gasteiger partial charge is 0.294 e. The van der Waals surface area contributed by atoms with E-state index in [-0.39, 0.29) is 10.8 Å². The van der Waals surface area contributed by atoms with Crippen LogP contribution in [0.1, 0.15) is 12.5 Å². The smallest absolute Gasteiger partial charge is 0.171 e. The standard InChI is InChI=1S/C10H9ClO/c1-8(12)10(11)7-9-5-3-2-4-6-9/h2-7H,1H3/b10-7+. The Morgan fingerprint density at radius 2 is 1.92 bits per heavy atom. The van der Waals surface area contributed by atoms with Crippen molar-refractivity contribution in [2.24, 2.45) is 0 Å². The zero-order chi connectivity index (χ0) is 8.97. The van der Waals surface area contributed by atoms with Crippen molar-refractivity contribution in [1.82, 2.24) is 0 Å². The van der Waals surface area contributed by atoms with Crippen LogP contribution in [0, 0.1) is 0 Å². The van der Waals surface area contributed by atoms with E-state index in [1.165, 1.54) is 6.92 Å². The van der Waals surface area contributed by atoms with E-state index >= 15 is 0 Å². The lowest BCUT2D eigenvalue weighted by atomic mass is 10.2. The van der Waals surface area contributed by atoms with Crippen LogP contribution in [-0.4, -0.2) is 5.78 Å². The molecule has 0 radical (unpaired) electrons. The number of Topliss-reactive ketones (excluding diaryl/α,β-unsaturated/α-hetero) is 1. The van der Waals surface area contributed by atoms with Gasteiger partial charge in [0.15, 0.2) is 5.78 Å². The van der Waals surface area contributed by atoms with Gasteiger partial charge >= 0.3 is 0 Å². The van der Waals surface area contributed by atoms with Crippen LogP contribution >= 0.6 is 11.6 Å². The molecule has 0 aliphatic rings. The Balaban J connectivity index is 2.89. The van der Waals surface area contributed by atoms with Crippen LogP contribution in [0.3, 0.4) is 0 Å². The first-order chi connectivity index (χ1) is 5.70. The van der Waals surface area contributed by atoms with Gasteiger partial charge in [-0.15, -0.1) is 0 Å².